The first-order valence-corrected chi connectivity index (χ1v) is 8.83. The molecule has 6 nitrogen and oxygen atoms in total. The Morgan fingerprint density at radius 2 is 1.44 bits per heavy atom. The molecule has 0 aromatic heterocycles. The summed E-state index contributed by atoms with van der Waals surface area (Å²) < 4.78 is -0.364. The summed E-state index contributed by atoms with van der Waals surface area (Å²) in [5, 5.41) is 20.5. The van der Waals surface area contributed by atoms with Gasteiger partial charge in [-0.3, -0.25) is 0 Å². The van der Waals surface area contributed by atoms with Crippen molar-refractivity contribution in [1.82, 2.24) is 0 Å². The largest absolute Gasteiger partial charge is 0.514 e. The van der Waals surface area contributed by atoms with Gasteiger partial charge in [0, 0.05) is 15.6 Å². The Kier molecular flexibility index (Phi) is 5.40. The van der Waals surface area contributed by atoms with E-state index in [1.165, 1.54) is 0 Å². The van der Waals surface area contributed by atoms with Gasteiger partial charge in [0.2, 0.25) is 0 Å². The van der Waals surface area contributed by atoms with Crippen molar-refractivity contribution in [3.63, 3.8) is 0 Å². The second-order valence-corrected chi connectivity index (χ2v) is 8.55. The number of carbonyl (C=O) groups is 2. The van der Waals surface area contributed by atoms with E-state index in [2.05, 4.69) is 0 Å². The smallest absolute Gasteiger partial charge is 0.435 e. The SMILES string of the molecule is CC(C)(C)[N+]1(C(=O)O)CC[N+](Cc2cc(Cl)cc(Cl)c2)(C(=O)O)CC1. The number of halogens is 2. The van der Waals surface area contributed by atoms with Crippen LogP contribution in [0.1, 0.15) is 26.3 Å². The number of hydrogen-bond donors (Lipinski definition) is 2. The highest BCUT2D eigenvalue weighted by atomic mass is 35.5. The van der Waals surface area contributed by atoms with Crippen LogP contribution in [0, 0.1) is 0 Å². The summed E-state index contributed by atoms with van der Waals surface area (Å²) in [4.78, 5) is 24.0. The first kappa shape index (κ1) is 20.0. The molecule has 0 spiro atoms. The number of rotatable bonds is 2. The fourth-order valence-corrected chi connectivity index (χ4v) is 4.14. The van der Waals surface area contributed by atoms with Gasteiger partial charge in [-0.15, -0.1) is 0 Å². The number of carboxylic acid groups (broad SMARTS) is 2. The maximum Gasteiger partial charge on any atom is 0.514 e. The quantitative estimate of drug-likeness (QED) is 0.738. The van der Waals surface area contributed by atoms with E-state index < -0.39 is 17.7 Å². The average molecular weight is 391 g/mol. The van der Waals surface area contributed by atoms with Crippen molar-refractivity contribution in [2.45, 2.75) is 32.9 Å². The van der Waals surface area contributed by atoms with Crippen molar-refractivity contribution < 1.29 is 28.8 Å². The average Bonchev–Trinajstić information content (AvgIpc) is 2.45. The summed E-state index contributed by atoms with van der Waals surface area (Å²) in [6.07, 6.45) is -1.88. The Bertz CT molecular complexity index is 672. The van der Waals surface area contributed by atoms with Gasteiger partial charge in [-0.1, -0.05) is 23.2 Å². The van der Waals surface area contributed by atoms with Crippen molar-refractivity contribution in [3.05, 3.63) is 33.8 Å². The molecule has 2 rings (SSSR count). The van der Waals surface area contributed by atoms with E-state index in [0.29, 0.717) is 10.0 Å². The second kappa shape index (κ2) is 6.76. The number of amides is 2. The zero-order valence-corrected chi connectivity index (χ0v) is 16.1. The van der Waals surface area contributed by atoms with Crippen LogP contribution in [0.15, 0.2) is 18.2 Å². The van der Waals surface area contributed by atoms with E-state index in [-0.39, 0.29) is 41.7 Å². The van der Waals surface area contributed by atoms with Crippen LogP contribution in [0.5, 0.6) is 0 Å². The van der Waals surface area contributed by atoms with Crippen LogP contribution >= 0.6 is 23.2 Å². The third kappa shape index (κ3) is 3.77. The minimum atomic E-state index is -0.965. The van der Waals surface area contributed by atoms with E-state index >= 15 is 0 Å². The van der Waals surface area contributed by atoms with Gasteiger partial charge in [0.05, 0.1) is 0 Å². The normalized spacial score (nSPS) is 27.1. The summed E-state index contributed by atoms with van der Waals surface area (Å²) in [6, 6.07) is 5.00. The lowest BCUT2D eigenvalue weighted by atomic mass is 9.99. The summed E-state index contributed by atoms with van der Waals surface area (Å²) in [6.45, 7) is 6.79. The summed E-state index contributed by atoms with van der Waals surface area (Å²) in [5.74, 6) is 0. The third-order valence-electron chi connectivity index (χ3n) is 5.28. The minimum absolute atomic E-state index is 0.142. The predicted octanol–water partition coefficient (Wildman–Crippen LogP) is 4.30. The van der Waals surface area contributed by atoms with Gasteiger partial charge in [-0.25, -0.2) is 8.97 Å². The lowest BCUT2D eigenvalue weighted by Gasteiger charge is -2.49. The van der Waals surface area contributed by atoms with Crippen molar-refractivity contribution in [1.29, 1.82) is 0 Å². The van der Waals surface area contributed by atoms with E-state index in [9.17, 15) is 19.8 Å². The molecule has 25 heavy (non-hydrogen) atoms. The second-order valence-electron chi connectivity index (χ2n) is 7.68. The number of nitrogens with zero attached hydrogens (tertiary/aromatic N) is 2. The van der Waals surface area contributed by atoms with E-state index in [1.807, 2.05) is 20.8 Å². The third-order valence-corrected chi connectivity index (χ3v) is 5.72. The number of piperazine rings is 1. The van der Waals surface area contributed by atoms with Crippen molar-refractivity contribution in [2.75, 3.05) is 26.2 Å². The fourth-order valence-electron chi connectivity index (χ4n) is 3.57. The van der Waals surface area contributed by atoms with Gasteiger partial charge < -0.3 is 10.2 Å². The van der Waals surface area contributed by atoms with Gasteiger partial charge in [0.15, 0.2) is 0 Å². The minimum Gasteiger partial charge on any atom is -0.435 e. The first-order valence-electron chi connectivity index (χ1n) is 8.07. The molecule has 0 bridgehead atoms. The molecule has 1 saturated heterocycles. The molecule has 2 amide bonds. The molecular weight excluding hydrogens is 367 g/mol. The molecule has 1 aromatic carbocycles. The highest BCUT2D eigenvalue weighted by molar-refractivity contribution is 6.34. The Balaban J connectivity index is 2.32. The zero-order chi connectivity index (χ0) is 19.0. The fraction of sp³-hybridized carbons (Fsp3) is 0.529. The van der Waals surface area contributed by atoms with Crippen LogP contribution in [0.2, 0.25) is 10.0 Å². The van der Waals surface area contributed by atoms with E-state index in [1.54, 1.807) is 18.2 Å². The molecule has 1 aromatic rings. The van der Waals surface area contributed by atoms with E-state index in [4.69, 9.17) is 23.2 Å². The first-order chi connectivity index (χ1) is 11.4. The highest BCUT2D eigenvalue weighted by Crippen LogP contribution is 2.32. The molecule has 0 unspecified atom stereocenters. The molecule has 1 aliphatic heterocycles. The number of hydrogen-bond acceptors (Lipinski definition) is 2. The highest BCUT2D eigenvalue weighted by Gasteiger charge is 2.56. The molecular formula is C17H24Cl2N2O4+2. The molecule has 0 saturated carbocycles. The monoisotopic (exact) mass is 390 g/mol. The van der Waals surface area contributed by atoms with Crippen LogP contribution in [0.3, 0.4) is 0 Å². The molecule has 1 fully saturated rings. The van der Waals surface area contributed by atoms with Crippen LogP contribution < -0.4 is 0 Å². The summed E-state index contributed by atoms with van der Waals surface area (Å²) in [5.41, 5.74) is 0.214. The van der Waals surface area contributed by atoms with Crippen molar-refractivity contribution in [3.8, 4) is 0 Å². The zero-order valence-electron chi connectivity index (χ0n) is 14.6. The number of quaternary nitrogens is 2. The molecule has 1 aliphatic rings. The van der Waals surface area contributed by atoms with Crippen molar-refractivity contribution in [2.24, 2.45) is 0 Å². The molecule has 1 heterocycles. The molecule has 0 atom stereocenters. The molecule has 0 radical (unpaired) electrons. The van der Waals surface area contributed by atoms with Crippen LogP contribution in [0.4, 0.5) is 9.59 Å². The number of benzene rings is 1. The Labute approximate surface area is 157 Å². The lowest BCUT2D eigenvalue weighted by Crippen LogP contribution is -2.74. The predicted molar refractivity (Wildman–Crippen MR) is 96.0 cm³/mol. The van der Waals surface area contributed by atoms with Gasteiger partial charge in [-0.05, 0) is 39.0 Å². The topological polar surface area (TPSA) is 74.6 Å². The molecule has 8 heteroatoms. The maximum atomic E-state index is 12.0. The van der Waals surface area contributed by atoms with Gasteiger partial charge in [0.1, 0.15) is 38.3 Å². The summed E-state index contributed by atoms with van der Waals surface area (Å²) in [7, 11) is 0. The lowest BCUT2D eigenvalue weighted by molar-refractivity contribution is -0.993. The molecule has 2 N–H and O–H groups in total. The molecule has 0 aliphatic carbocycles. The van der Waals surface area contributed by atoms with Crippen LogP contribution in [0.25, 0.3) is 0 Å². The van der Waals surface area contributed by atoms with Gasteiger partial charge in [-0.2, -0.15) is 9.59 Å². The Morgan fingerprint density at radius 3 is 1.80 bits per heavy atom. The van der Waals surface area contributed by atoms with E-state index in [0.717, 1.165) is 5.56 Å². The Morgan fingerprint density at radius 1 is 0.960 bits per heavy atom. The Hall–Kier alpha value is -1.34. The molecule has 138 valence electrons. The van der Waals surface area contributed by atoms with Gasteiger partial charge >= 0.3 is 12.2 Å². The van der Waals surface area contributed by atoms with Crippen molar-refractivity contribution >= 4 is 35.4 Å². The standard InChI is InChI=1S/C17H22Cl2N2O4/c1-17(2,3)21(16(24)25)6-4-20(5-7-21,15(22)23)11-12-8-13(18)10-14(19)9-12/h8-10H,4-7,11H2,1-3H3/p+2. The summed E-state index contributed by atoms with van der Waals surface area (Å²) >= 11 is 12.0. The maximum absolute atomic E-state index is 12.0. The van der Waals surface area contributed by atoms with Gasteiger partial charge in [0.25, 0.3) is 0 Å². The van der Waals surface area contributed by atoms with Crippen LogP contribution in [-0.4, -0.2) is 63.1 Å². The van der Waals surface area contributed by atoms with Crippen LogP contribution in [-0.2, 0) is 6.54 Å².